The normalized spacial score (nSPS) is 10.6. The average molecular weight is 313 g/mol. The lowest BCUT2D eigenvalue weighted by molar-refractivity contribution is 0.952. The molecule has 0 unspecified atom stereocenters. The van der Waals surface area contributed by atoms with Crippen molar-refractivity contribution in [3.05, 3.63) is 18.1 Å². The van der Waals surface area contributed by atoms with Gasteiger partial charge in [-0.3, -0.25) is 4.98 Å². The minimum atomic E-state index is 0.768. The van der Waals surface area contributed by atoms with Crippen molar-refractivity contribution >= 4 is 40.7 Å². The number of anilines is 1. The molecule has 0 aliphatic carbocycles. The maximum Gasteiger partial charge on any atom is 0.175 e. The lowest BCUT2D eigenvalue weighted by Gasteiger charge is -2.03. The summed E-state index contributed by atoms with van der Waals surface area (Å²) >= 11 is 4.87. The van der Waals surface area contributed by atoms with Gasteiger partial charge in [-0.25, -0.2) is 4.98 Å². The maximum atomic E-state index is 4.38. The second-order valence-electron chi connectivity index (χ2n) is 3.65. The highest BCUT2D eigenvalue weighted by atomic mass is 32.2. The molecule has 2 aromatic rings. The SMILES string of the molecule is CCCNc1cnc(CSc2nnc(SC)s2)cn1. The predicted molar refractivity (Wildman–Crippen MR) is 82.1 cm³/mol. The number of nitrogens with zero attached hydrogens (tertiary/aromatic N) is 4. The molecule has 5 nitrogen and oxygen atoms in total. The third kappa shape index (κ3) is 4.63. The number of hydrogen-bond donors (Lipinski definition) is 1. The largest absolute Gasteiger partial charge is 0.369 e. The summed E-state index contributed by atoms with van der Waals surface area (Å²) in [6, 6.07) is 0. The van der Waals surface area contributed by atoms with Gasteiger partial charge in [-0.15, -0.1) is 10.2 Å². The first-order valence-corrected chi connectivity index (χ1v) is 8.89. The van der Waals surface area contributed by atoms with Crippen LogP contribution in [0.15, 0.2) is 21.1 Å². The first-order valence-electron chi connectivity index (χ1n) is 5.87. The van der Waals surface area contributed by atoms with Crippen molar-refractivity contribution in [2.24, 2.45) is 0 Å². The Morgan fingerprint density at radius 3 is 2.68 bits per heavy atom. The van der Waals surface area contributed by atoms with Gasteiger partial charge in [0.2, 0.25) is 0 Å². The molecule has 2 rings (SSSR count). The zero-order valence-corrected chi connectivity index (χ0v) is 13.2. The van der Waals surface area contributed by atoms with Gasteiger partial charge in [0.1, 0.15) is 5.82 Å². The van der Waals surface area contributed by atoms with Crippen LogP contribution in [-0.2, 0) is 5.75 Å². The summed E-state index contributed by atoms with van der Waals surface area (Å²) in [4.78, 5) is 8.71. The summed E-state index contributed by atoms with van der Waals surface area (Å²) in [5.41, 5.74) is 0.952. The molecule has 2 heterocycles. The molecule has 0 amide bonds. The molecular weight excluding hydrogens is 298 g/mol. The van der Waals surface area contributed by atoms with Crippen molar-refractivity contribution in [2.75, 3.05) is 18.1 Å². The molecule has 0 spiro atoms. The first kappa shape index (κ1) is 14.5. The van der Waals surface area contributed by atoms with Crippen molar-refractivity contribution in [1.29, 1.82) is 0 Å². The van der Waals surface area contributed by atoms with Gasteiger partial charge in [0.15, 0.2) is 8.68 Å². The zero-order valence-electron chi connectivity index (χ0n) is 10.8. The van der Waals surface area contributed by atoms with Gasteiger partial charge in [0.05, 0.1) is 18.1 Å². The van der Waals surface area contributed by atoms with Crippen molar-refractivity contribution in [3.8, 4) is 0 Å². The number of nitrogens with one attached hydrogen (secondary N) is 1. The molecular formula is C11H15N5S3. The van der Waals surface area contributed by atoms with Gasteiger partial charge in [-0.2, -0.15) is 0 Å². The van der Waals surface area contributed by atoms with Gasteiger partial charge in [-0.05, 0) is 12.7 Å². The van der Waals surface area contributed by atoms with E-state index in [1.165, 1.54) is 0 Å². The second kappa shape index (κ2) is 7.66. The Balaban J connectivity index is 1.85. The molecule has 0 aliphatic heterocycles. The number of aromatic nitrogens is 4. The fraction of sp³-hybridized carbons (Fsp3) is 0.455. The van der Waals surface area contributed by atoms with E-state index in [2.05, 4.69) is 32.4 Å². The maximum absolute atomic E-state index is 4.38. The average Bonchev–Trinajstić information content (AvgIpc) is 2.92. The molecule has 0 aliphatic rings. The Labute approximate surface area is 125 Å². The predicted octanol–water partition coefficient (Wildman–Crippen LogP) is 3.16. The minimum Gasteiger partial charge on any atom is -0.369 e. The quantitative estimate of drug-likeness (QED) is 0.788. The van der Waals surface area contributed by atoms with E-state index in [9.17, 15) is 0 Å². The highest BCUT2D eigenvalue weighted by Gasteiger charge is 2.05. The number of hydrogen-bond acceptors (Lipinski definition) is 8. The lowest BCUT2D eigenvalue weighted by atomic mass is 10.4. The Hall–Kier alpha value is -0.860. The second-order valence-corrected chi connectivity index (χ2v) is 6.90. The third-order valence-electron chi connectivity index (χ3n) is 2.17. The molecule has 102 valence electrons. The summed E-state index contributed by atoms with van der Waals surface area (Å²) in [5.74, 6) is 1.60. The Kier molecular flexibility index (Phi) is 5.87. The van der Waals surface area contributed by atoms with Crippen LogP contribution < -0.4 is 5.32 Å². The molecule has 8 heteroatoms. The van der Waals surface area contributed by atoms with Crippen molar-refractivity contribution in [2.45, 2.75) is 27.8 Å². The van der Waals surface area contributed by atoms with Gasteiger partial charge >= 0.3 is 0 Å². The van der Waals surface area contributed by atoms with E-state index >= 15 is 0 Å². The Morgan fingerprint density at radius 1 is 1.21 bits per heavy atom. The van der Waals surface area contributed by atoms with Crippen LogP contribution in [0.3, 0.4) is 0 Å². The smallest absolute Gasteiger partial charge is 0.175 e. The summed E-state index contributed by atoms with van der Waals surface area (Å²) in [7, 11) is 0. The molecule has 0 saturated heterocycles. The fourth-order valence-corrected chi connectivity index (χ4v) is 3.58. The lowest BCUT2D eigenvalue weighted by Crippen LogP contribution is -2.02. The highest BCUT2D eigenvalue weighted by molar-refractivity contribution is 8.02. The monoisotopic (exact) mass is 313 g/mol. The highest BCUT2D eigenvalue weighted by Crippen LogP contribution is 2.29. The molecule has 0 fully saturated rings. The van der Waals surface area contributed by atoms with Crippen LogP contribution in [0.1, 0.15) is 19.0 Å². The summed E-state index contributed by atoms with van der Waals surface area (Å²) in [5, 5.41) is 11.4. The van der Waals surface area contributed by atoms with E-state index in [-0.39, 0.29) is 0 Å². The van der Waals surface area contributed by atoms with Crippen LogP contribution in [-0.4, -0.2) is 33.0 Å². The zero-order chi connectivity index (χ0) is 13.5. The van der Waals surface area contributed by atoms with Crippen LogP contribution in [0.4, 0.5) is 5.82 Å². The minimum absolute atomic E-state index is 0.768. The summed E-state index contributed by atoms with van der Waals surface area (Å²) in [6.45, 7) is 3.04. The molecule has 0 atom stereocenters. The van der Waals surface area contributed by atoms with Crippen LogP contribution in [0.2, 0.25) is 0 Å². The number of thioether (sulfide) groups is 2. The van der Waals surface area contributed by atoms with Crippen molar-refractivity contribution < 1.29 is 0 Å². The van der Waals surface area contributed by atoms with E-state index in [1.807, 2.05) is 12.5 Å². The van der Waals surface area contributed by atoms with Gasteiger partial charge in [0.25, 0.3) is 0 Å². The van der Waals surface area contributed by atoms with Crippen LogP contribution in [0, 0.1) is 0 Å². The molecule has 0 saturated carbocycles. The van der Waals surface area contributed by atoms with Gasteiger partial charge in [-0.1, -0.05) is 41.8 Å². The molecule has 0 aromatic carbocycles. The number of rotatable bonds is 7. The van der Waals surface area contributed by atoms with Gasteiger partial charge in [0, 0.05) is 12.3 Å². The van der Waals surface area contributed by atoms with E-state index in [0.717, 1.165) is 38.9 Å². The van der Waals surface area contributed by atoms with E-state index in [4.69, 9.17) is 0 Å². The van der Waals surface area contributed by atoms with Gasteiger partial charge < -0.3 is 5.32 Å². The molecule has 2 aromatic heterocycles. The topological polar surface area (TPSA) is 63.6 Å². The third-order valence-corrected chi connectivity index (χ3v) is 5.23. The van der Waals surface area contributed by atoms with E-state index in [0.29, 0.717) is 0 Å². The fourth-order valence-electron chi connectivity index (χ4n) is 1.25. The Bertz CT molecular complexity index is 499. The van der Waals surface area contributed by atoms with Crippen LogP contribution >= 0.6 is 34.9 Å². The van der Waals surface area contributed by atoms with E-state index in [1.54, 1.807) is 41.1 Å². The molecule has 1 N–H and O–H groups in total. The summed E-state index contributed by atoms with van der Waals surface area (Å²) in [6.07, 6.45) is 6.66. The molecule has 0 radical (unpaired) electrons. The molecule has 0 bridgehead atoms. The van der Waals surface area contributed by atoms with Crippen LogP contribution in [0.5, 0.6) is 0 Å². The Morgan fingerprint density at radius 2 is 2.05 bits per heavy atom. The first-order chi connectivity index (χ1) is 9.31. The summed E-state index contributed by atoms with van der Waals surface area (Å²) < 4.78 is 1.96. The molecule has 19 heavy (non-hydrogen) atoms. The van der Waals surface area contributed by atoms with Crippen molar-refractivity contribution in [3.63, 3.8) is 0 Å². The van der Waals surface area contributed by atoms with E-state index < -0.39 is 0 Å². The van der Waals surface area contributed by atoms with Crippen LogP contribution in [0.25, 0.3) is 0 Å². The van der Waals surface area contributed by atoms with Crippen molar-refractivity contribution in [1.82, 2.24) is 20.2 Å². The standard InChI is InChI=1S/C11H15N5S3/c1-3-4-12-9-6-13-8(5-14-9)7-18-11-16-15-10(17-2)19-11/h5-6H,3-4,7H2,1-2H3,(H,12,14).